The largest absolute Gasteiger partial charge is 0.510 e. The van der Waals surface area contributed by atoms with Gasteiger partial charge in [-0.3, -0.25) is 14.6 Å². The van der Waals surface area contributed by atoms with Crippen molar-refractivity contribution in [2.45, 2.75) is 72.8 Å². The Hall–Kier alpha value is -2.97. The van der Waals surface area contributed by atoms with Crippen molar-refractivity contribution < 1.29 is 23.8 Å². The summed E-state index contributed by atoms with van der Waals surface area (Å²) in [5.74, 6) is 0.612. The second kappa shape index (κ2) is 13.6. The number of carbonyl (C=O) groups excluding carboxylic acids is 2. The molecular formula is C33H46ClN3O5. The maximum Gasteiger partial charge on any atom is 0.510 e. The average Bonchev–Trinajstić information content (AvgIpc) is 2.93. The summed E-state index contributed by atoms with van der Waals surface area (Å²) < 4.78 is 17.0. The molecule has 0 unspecified atom stereocenters. The molecule has 4 rings (SSSR count). The lowest BCUT2D eigenvalue weighted by atomic mass is 9.79. The fraction of sp³-hybridized carbons (Fsp3) is 0.576. The molecule has 2 aliphatic heterocycles. The second-order valence-electron chi connectivity index (χ2n) is 12.8. The third-order valence-electron chi connectivity index (χ3n) is 8.73. The number of aryl methyl sites for hydroxylation is 2. The molecule has 1 saturated heterocycles. The third kappa shape index (κ3) is 7.90. The minimum absolute atomic E-state index is 0.0905. The number of amides is 1. The molecule has 2 aliphatic rings. The molecule has 1 fully saturated rings. The van der Waals surface area contributed by atoms with E-state index >= 15 is 0 Å². The maximum absolute atomic E-state index is 12.7. The van der Waals surface area contributed by atoms with Gasteiger partial charge in [-0.25, -0.2) is 4.79 Å². The van der Waals surface area contributed by atoms with Gasteiger partial charge in [0.25, 0.3) is 0 Å². The van der Waals surface area contributed by atoms with Gasteiger partial charge >= 0.3 is 6.16 Å². The van der Waals surface area contributed by atoms with Gasteiger partial charge in [-0.05, 0) is 69.8 Å². The summed E-state index contributed by atoms with van der Waals surface area (Å²) in [5.41, 5.74) is 3.00. The zero-order valence-electron chi connectivity index (χ0n) is 26.0. The first-order valence-electron chi connectivity index (χ1n) is 15.0. The van der Waals surface area contributed by atoms with Gasteiger partial charge in [-0.15, -0.1) is 0 Å². The quantitative estimate of drug-likeness (QED) is 0.219. The van der Waals surface area contributed by atoms with Crippen LogP contribution in [-0.2, 0) is 20.7 Å². The van der Waals surface area contributed by atoms with Crippen molar-refractivity contribution in [3.8, 4) is 5.75 Å². The fourth-order valence-electron chi connectivity index (χ4n) is 4.97. The standard InChI is InChI=1S/C33H46ClN3O5/c1-24-10-9-11-27(30(24)34)36-19-17-35(18-20-36)16-7-8-21-40-26-14-12-25-13-15-29(38)37(28(25)22-26)23-41-31(39)42-33(5,6)32(2,3)4/h9-12,14,22H,7-8,13,15-21,23H2,1-6H3. The molecule has 0 N–H and O–H groups in total. The van der Waals surface area contributed by atoms with E-state index in [1.165, 1.54) is 4.90 Å². The van der Waals surface area contributed by atoms with Crippen molar-refractivity contribution in [2.75, 3.05) is 55.9 Å². The molecule has 8 nitrogen and oxygen atoms in total. The van der Waals surface area contributed by atoms with E-state index in [2.05, 4.69) is 21.9 Å². The Kier molecular flexibility index (Phi) is 10.3. The van der Waals surface area contributed by atoms with Crippen LogP contribution in [0, 0.1) is 12.3 Å². The van der Waals surface area contributed by atoms with Gasteiger partial charge in [-0.2, -0.15) is 0 Å². The summed E-state index contributed by atoms with van der Waals surface area (Å²) in [5, 5.41) is 0.855. The predicted octanol–water partition coefficient (Wildman–Crippen LogP) is 6.84. The van der Waals surface area contributed by atoms with Crippen LogP contribution >= 0.6 is 11.6 Å². The molecule has 0 aliphatic carbocycles. The summed E-state index contributed by atoms with van der Waals surface area (Å²) in [6.45, 7) is 17.1. The Morgan fingerprint density at radius 3 is 2.40 bits per heavy atom. The summed E-state index contributed by atoms with van der Waals surface area (Å²) in [6.07, 6.45) is 2.20. The number of unbranched alkanes of at least 4 members (excludes halogenated alkanes) is 1. The fourth-order valence-corrected chi connectivity index (χ4v) is 5.22. The van der Waals surface area contributed by atoms with Gasteiger partial charge in [0.2, 0.25) is 5.91 Å². The molecule has 0 spiro atoms. The number of anilines is 2. The zero-order chi connectivity index (χ0) is 30.5. The van der Waals surface area contributed by atoms with Crippen LogP contribution < -0.4 is 14.5 Å². The van der Waals surface area contributed by atoms with Crippen LogP contribution in [-0.4, -0.2) is 68.6 Å². The Morgan fingerprint density at radius 1 is 0.952 bits per heavy atom. The molecule has 2 aromatic rings. The van der Waals surface area contributed by atoms with Crippen molar-refractivity contribution in [1.82, 2.24) is 4.90 Å². The van der Waals surface area contributed by atoms with E-state index in [-0.39, 0.29) is 18.1 Å². The Morgan fingerprint density at radius 2 is 1.69 bits per heavy atom. The zero-order valence-corrected chi connectivity index (χ0v) is 26.8. The van der Waals surface area contributed by atoms with Crippen LogP contribution in [0.1, 0.15) is 65.0 Å². The van der Waals surface area contributed by atoms with Crippen molar-refractivity contribution >= 4 is 35.0 Å². The molecule has 2 heterocycles. The van der Waals surface area contributed by atoms with Gasteiger partial charge in [0.15, 0.2) is 6.73 Å². The molecule has 42 heavy (non-hydrogen) atoms. The Balaban J connectivity index is 1.22. The van der Waals surface area contributed by atoms with Gasteiger partial charge in [0.05, 0.1) is 23.0 Å². The van der Waals surface area contributed by atoms with Crippen LogP contribution in [0.4, 0.5) is 16.2 Å². The number of nitrogens with zero attached hydrogens (tertiary/aromatic N) is 3. The van der Waals surface area contributed by atoms with Crippen molar-refractivity contribution in [2.24, 2.45) is 5.41 Å². The minimum Gasteiger partial charge on any atom is -0.494 e. The van der Waals surface area contributed by atoms with Gasteiger partial charge in [0, 0.05) is 44.1 Å². The normalized spacial score (nSPS) is 16.3. The highest BCUT2D eigenvalue weighted by molar-refractivity contribution is 6.34. The van der Waals surface area contributed by atoms with E-state index in [1.807, 2.05) is 65.8 Å². The van der Waals surface area contributed by atoms with E-state index in [4.69, 9.17) is 25.8 Å². The highest BCUT2D eigenvalue weighted by atomic mass is 35.5. The van der Waals surface area contributed by atoms with Gasteiger partial charge < -0.3 is 19.1 Å². The lowest BCUT2D eigenvalue weighted by molar-refractivity contribution is -0.120. The summed E-state index contributed by atoms with van der Waals surface area (Å²) in [6, 6.07) is 12.0. The second-order valence-corrected chi connectivity index (χ2v) is 13.2. The van der Waals surface area contributed by atoms with Crippen LogP contribution in [0.25, 0.3) is 0 Å². The summed E-state index contributed by atoms with van der Waals surface area (Å²) in [4.78, 5) is 31.6. The number of hydrogen-bond acceptors (Lipinski definition) is 7. The van der Waals surface area contributed by atoms with Gasteiger partial charge in [-0.1, -0.05) is 50.6 Å². The molecule has 0 aromatic heterocycles. The van der Waals surface area contributed by atoms with Crippen molar-refractivity contribution in [3.05, 3.63) is 52.5 Å². The minimum atomic E-state index is -0.789. The smallest absolute Gasteiger partial charge is 0.494 e. The number of ether oxygens (including phenoxy) is 3. The van der Waals surface area contributed by atoms with Crippen LogP contribution in [0.15, 0.2) is 36.4 Å². The van der Waals surface area contributed by atoms with Crippen LogP contribution in [0.5, 0.6) is 5.75 Å². The number of rotatable bonds is 10. The van der Waals surface area contributed by atoms with Crippen LogP contribution in [0.3, 0.4) is 0 Å². The SMILES string of the molecule is Cc1cccc(N2CCN(CCCCOc3ccc4c(c3)N(COC(=O)OC(C)(C)C(C)(C)C)C(=O)CC4)CC2)c1Cl. The number of halogens is 1. The molecule has 1 amide bonds. The number of carbonyl (C=O) groups is 2. The molecular weight excluding hydrogens is 554 g/mol. The van der Waals surface area contributed by atoms with E-state index in [1.54, 1.807) is 0 Å². The molecule has 0 atom stereocenters. The Bertz CT molecular complexity index is 1250. The highest BCUT2D eigenvalue weighted by Crippen LogP contribution is 2.34. The first-order chi connectivity index (χ1) is 19.9. The monoisotopic (exact) mass is 599 g/mol. The van der Waals surface area contributed by atoms with E-state index in [0.717, 1.165) is 73.1 Å². The average molecular weight is 600 g/mol. The van der Waals surface area contributed by atoms with E-state index < -0.39 is 11.8 Å². The maximum atomic E-state index is 12.7. The lowest BCUT2D eigenvalue weighted by Gasteiger charge is -2.37. The van der Waals surface area contributed by atoms with Gasteiger partial charge in [0.1, 0.15) is 11.4 Å². The predicted molar refractivity (Wildman–Crippen MR) is 168 cm³/mol. The highest BCUT2D eigenvalue weighted by Gasteiger charge is 2.37. The summed E-state index contributed by atoms with van der Waals surface area (Å²) in [7, 11) is 0. The molecule has 230 valence electrons. The first-order valence-corrected chi connectivity index (χ1v) is 15.4. The lowest BCUT2D eigenvalue weighted by Crippen LogP contribution is -2.46. The molecule has 0 radical (unpaired) electrons. The summed E-state index contributed by atoms with van der Waals surface area (Å²) >= 11 is 6.54. The number of fused-ring (bicyclic) bond motifs is 1. The molecule has 0 saturated carbocycles. The Labute approximate surface area is 255 Å². The number of piperazine rings is 1. The van der Waals surface area contributed by atoms with E-state index in [0.29, 0.717) is 25.2 Å². The molecule has 0 bridgehead atoms. The topological polar surface area (TPSA) is 71.6 Å². The van der Waals surface area contributed by atoms with Crippen molar-refractivity contribution in [1.29, 1.82) is 0 Å². The molecule has 2 aromatic carbocycles. The van der Waals surface area contributed by atoms with Crippen molar-refractivity contribution in [3.63, 3.8) is 0 Å². The first kappa shape index (κ1) is 32.0. The van der Waals surface area contributed by atoms with E-state index in [9.17, 15) is 9.59 Å². The van der Waals surface area contributed by atoms with Crippen LogP contribution in [0.2, 0.25) is 5.02 Å². The third-order valence-corrected chi connectivity index (χ3v) is 9.23. The molecule has 9 heteroatoms. The number of hydrogen-bond donors (Lipinski definition) is 0. The number of benzene rings is 2.